The zero-order valence-corrected chi connectivity index (χ0v) is 10.2. The van der Waals surface area contributed by atoms with Crippen molar-refractivity contribution in [1.29, 1.82) is 0 Å². The molecule has 4 heteroatoms. The molecule has 2 unspecified atom stereocenters. The normalized spacial score (nSPS) is 29.4. The van der Waals surface area contributed by atoms with Crippen molar-refractivity contribution in [2.45, 2.75) is 51.2 Å². The van der Waals surface area contributed by atoms with Crippen LogP contribution in [-0.2, 0) is 11.2 Å². The number of thiazole rings is 1. The SMILES string of the molecule is CC1CCC(c2nc3c(s2)CCCC3=O)O1. The lowest BCUT2D eigenvalue weighted by Crippen LogP contribution is -2.09. The van der Waals surface area contributed by atoms with Gasteiger partial charge in [-0.05, 0) is 32.6 Å². The minimum atomic E-state index is 0.137. The quantitative estimate of drug-likeness (QED) is 0.754. The molecule has 1 aromatic heterocycles. The summed E-state index contributed by atoms with van der Waals surface area (Å²) in [6, 6.07) is 0. The fraction of sp³-hybridized carbons (Fsp3) is 0.667. The first kappa shape index (κ1) is 10.4. The van der Waals surface area contributed by atoms with Gasteiger partial charge in [0.25, 0.3) is 0 Å². The zero-order chi connectivity index (χ0) is 11.1. The first-order valence-corrected chi connectivity index (χ1v) is 6.74. The summed E-state index contributed by atoms with van der Waals surface area (Å²) >= 11 is 1.68. The van der Waals surface area contributed by atoms with Gasteiger partial charge in [0.2, 0.25) is 0 Å². The molecule has 86 valence electrons. The van der Waals surface area contributed by atoms with Crippen molar-refractivity contribution in [1.82, 2.24) is 4.98 Å². The molecule has 1 aliphatic heterocycles. The maximum Gasteiger partial charge on any atom is 0.182 e. The molecule has 3 nitrogen and oxygen atoms in total. The fourth-order valence-electron chi connectivity index (χ4n) is 2.41. The van der Waals surface area contributed by atoms with Crippen LogP contribution in [0.5, 0.6) is 0 Å². The van der Waals surface area contributed by atoms with Crippen LogP contribution < -0.4 is 0 Å². The number of Topliss-reactive ketones (excluding diaryl/α,β-unsaturated/α-hetero) is 1. The van der Waals surface area contributed by atoms with Crippen LogP contribution in [0.2, 0.25) is 0 Å². The van der Waals surface area contributed by atoms with Crippen molar-refractivity contribution in [2.24, 2.45) is 0 Å². The molecule has 1 fully saturated rings. The number of fused-ring (bicyclic) bond motifs is 1. The summed E-state index contributed by atoms with van der Waals surface area (Å²) in [4.78, 5) is 17.3. The van der Waals surface area contributed by atoms with E-state index in [4.69, 9.17) is 4.74 Å². The Morgan fingerprint density at radius 3 is 2.94 bits per heavy atom. The molecule has 1 aromatic rings. The molecule has 2 atom stereocenters. The lowest BCUT2D eigenvalue weighted by atomic mass is 10.0. The molecule has 3 rings (SSSR count). The number of nitrogens with zero attached hydrogens (tertiary/aromatic N) is 1. The van der Waals surface area contributed by atoms with Gasteiger partial charge in [-0.1, -0.05) is 0 Å². The standard InChI is InChI=1S/C12H15NO2S/c1-7-5-6-9(15-7)12-13-11-8(14)3-2-4-10(11)16-12/h7,9H,2-6H2,1H3. The number of carbonyl (C=O) groups is 1. The zero-order valence-electron chi connectivity index (χ0n) is 9.36. The van der Waals surface area contributed by atoms with Gasteiger partial charge >= 0.3 is 0 Å². The lowest BCUT2D eigenvalue weighted by Gasteiger charge is -2.06. The van der Waals surface area contributed by atoms with E-state index in [1.165, 1.54) is 4.88 Å². The molecule has 0 N–H and O–H groups in total. The van der Waals surface area contributed by atoms with E-state index in [0.29, 0.717) is 12.5 Å². The Morgan fingerprint density at radius 2 is 2.25 bits per heavy atom. The smallest absolute Gasteiger partial charge is 0.182 e. The van der Waals surface area contributed by atoms with Crippen LogP contribution in [0, 0.1) is 0 Å². The summed E-state index contributed by atoms with van der Waals surface area (Å²) in [7, 11) is 0. The Kier molecular flexibility index (Phi) is 2.56. The van der Waals surface area contributed by atoms with E-state index < -0.39 is 0 Å². The van der Waals surface area contributed by atoms with E-state index in [9.17, 15) is 4.79 Å². The number of hydrogen-bond acceptors (Lipinski definition) is 4. The van der Waals surface area contributed by atoms with E-state index in [1.807, 2.05) is 0 Å². The summed E-state index contributed by atoms with van der Waals surface area (Å²) in [6.45, 7) is 2.10. The third kappa shape index (κ3) is 1.70. The Morgan fingerprint density at radius 1 is 1.38 bits per heavy atom. The van der Waals surface area contributed by atoms with Crippen LogP contribution in [0.1, 0.15) is 59.1 Å². The van der Waals surface area contributed by atoms with E-state index in [-0.39, 0.29) is 11.9 Å². The van der Waals surface area contributed by atoms with Crippen molar-refractivity contribution in [3.8, 4) is 0 Å². The first-order valence-electron chi connectivity index (χ1n) is 5.92. The first-order chi connectivity index (χ1) is 7.74. The van der Waals surface area contributed by atoms with Crippen molar-refractivity contribution in [2.75, 3.05) is 0 Å². The van der Waals surface area contributed by atoms with Gasteiger partial charge in [0, 0.05) is 11.3 Å². The predicted molar refractivity (Wildman–Crippen MR) is 61.9 cm³/mol. The van der Waals surface area contributed by atoms with Crippen molar-refractivity contribution in [3.05, 3.63) is 15.6 Å². The highest BCUT2D eigenvalue weighted by atomic mass is 32.1. The molecule has 0 spiro atoms. The molecule has 1 aliphatic carbocycles. The van der Waals surface area contributed by atoms with E-state index >= 15 is 0 Å². The highest BCUT2D eigenvalue weighted by molar-refractivity contribution is 7.12. The number of aryl methyl sites for hydroxylation is 1. The Hall–Kier alpha value is -0.740. The van der Waals surface area contributed by atoms with Gasteiger partial charge in [-0.3, -0.25) is 4.79 Å². The summed E-state index contributed by atoms with van der Waals surface area (Å²) < 4.78 is 5.80. The predicted octanol–water partition coefficient (Wildman–Crippen LogP) is 2.90. The molecule has 0 bridgehead atoms. The summed E-state index contributed by atoms with van der Waals surface area (Å²) in [6.07, 6.45) is 5.28. The van der Waals surface area contributed by atoms with E-state index in [0.717, 1.165) is 36.4 Å². The summed E-state index contributed by atoms with van der Waals surface area (Å²) in [5, 5.41) is 1.02. The van der Waals surface area contributed by atoms with Gasteiger partial charge in [-0.2, -0.15) is 0 Å². The number of rotatable bonds is 1. The molecule has 0 saturated carbocycles. The molecule has 0 radical (unpaired) electrons. The van der Waals surface area contributed by atoms with Crippen molar-refractivity contribution >= 4 is 17.1 Å². The second kappa shape index (κ2) is 3.93. The van der Waals surface area contributed by atoms with Crippen molar-refractivity contribution < 1.29 is 9.53 Å². The van der Waals surface area contributed by atoms with Crippen LogP contribution in [0.3, 0.4) is 0 Å². The van der Waals surface area contributed by atoms with Crippen LogP contribution in [-0.4, -0.2) is 16.9 Å². The highest BCUT2D eigenvalue weighted by Gasteiger charge is 2.29. The molecule has 0 amide bonds. The minimum absolute atomic E-state index is 0.137. The molecule has 1 saturated heterocycles. The van der Waals surface area contributed by atoms with Gasteiger partial charge < -0.3 is 4.74 Å². The van der Waals surface area contributed by atoms with Gasteiger partial charge in [0.15, 0.2) is 5.78 Å². The lowest BCUT2D eigenvalue weighted by molar-refractivity contribution is 0.0553. The number of ketones is 1. The second-order valence-electron chi connectivity index (χ2n) is 4.61. The van der Waals surface area contributed by atoms with Gasteiger partial charge in [0.05, 0.1) is 6.10 Å². The van der Waals surface area contributed by atoms with Crippen LogP contribution >= 0.6 is 11.3 Å². The third-order valence-corrected chi connectivity index (χ3v) is 4.50. The Balaban J connectivity index is 1.89. The molecular formula is C12H15NO2S. The number of carbonyl (C=O) groups excluding carboxylic acids is 1. The largest absolute Gasteiger partial charge is 0.368 e. The molecule has 16 heavy (non-hydrogen) atoms. The van der Waals surface area contributed by atoms with Gasteiger partial charge in [-0.25, -0.2) is 4.98 Å². The van der Waals surface area contributed by atoms with E-state index in [1.54, 1.807) is 11.3 Å². The fourth-order valence-corrected chi connectivity index (χ4v) is 3.60. The molecular weight excluding hydrogens is 222 g/mol. The molecule has 2 heterocycles. The maximum absolute atomic E-state index is 11.7. The van der Waals surface area contributed by atoms with Crippen LogP contribution in [0.4, 0.5) is 0 Å². The second-order valence-corrected chi connectivity index (χ2v) is 5.73. The van der Waals surface area contributed by atoms with Crippen molar-refractivity contribution in [3.63, 3.8) is 0 Å². The topological polar surface area (TPSA) is 39.2 Å². The average Bonchev–Trinajstić information content (AvgIpc) is 2.84. The summed E-state index contributed by atoms with van der Waals surface area (Å²) in [5.74, 6) is 0.217. The Bertz CT molecular complexity index is 427. The van der Waals surface area contributed by atoms with E-state index in [2.05, 4.69) is 11.9 Å². The monoisotopic (exact) mass is 237 g/mol. The van der Waals surface area contributed by atoms with Gasteiger partial charge in [-0.15, -0.1) is 11.3 Å². The molecule has 0 aromatic carbocycles. The summed E-state index contributed by atoms with van der Waals surface area (Å²) in [5.41, 5.74) is 0.731. The average molecular weight is 237 g/mol. The number of hydrogen-bond donors (Lipinski definition) is 0. The Labute approximate surface area is 98.8 Å². The van der Waals surface area contributed by atoms with Crippen LogP contribution in [0.15, 0.2) is 0 Å². The highest BCUT2D eigenvalue weighted by Crippen LogP contribution is 2.37. The molecule has 2 aliphatic rings. The third-order valence-electron chi connectivity index (χ3n) is 3.29. The van der Waals surface area contributed by atoms with Gasteiger partial charge in [0.1, 0.15) is 16.8 Å². The number of aromatic nitrogens is 1. The maximum atomic E-state index is 11.7. The van der Waals surface area contributed by atoms with Crippen LogP contribution in [0.25, 0.3) is 0 Å². The minimum Gasteiger partial charge on any atom is -0.368 e. The number of ether oxygens (including phenoxy) is 1.